The van der Waals surface area contributed by atoms with E-state index in [1.165, 1.54) is 0 Å². The fraction of sp³-hybridized carbons (Fsp3) is 0.0667. The van der Waals surface area contributed by atoms with Crippen LogP contribution in [0.25, 0.3) is 20.8 Å². The molecule has 23 heavy (non-hydrogen) atoms. The molecule has 0 N–H and O–H groups in total. The molecule has 1 aliphatic rings. The largest absolute Gasteiger partial charge is 0.266 e. The van der Waals surface area contributed by atoms with E-state index in [1.807, 2.05) is 0 Å². The number of benzene rings is 1. The summed E-state index contributed by atoms with van der Waals surface area (Å²) in [4.78, 5) is 6.33. The second-order valence-electron chi connectivity index (χ2n) is 4.28. The van der Waals surface area contributed by atoms with Gasteiger partial charge in [0.05, 0.1) is 45.4 Å². The molecule has 1 aromatic rings. The monoisotopic (exact) mass is 378 g/mol. The highest BCUT2D eigenvalue weighted by Crippen LogP contribution is 2.54. The van der Waals surface area contributed by atoms with Crippen LogP contribution in [0, 0.1) is 35.8 Å². The smallest absolute Gasteiger partial charge is 0.226 e. The third-order valence-corrected chi connectivity index (χ3v) is 5.03. The van der Waals surface area contributed by atoms with Crippen molar-refractivity contribution in [2.24, 2.45) is 0 Å². The number of hydrogen-bond donors (Lipinski definition) is 0. The van der Waals surface area contributed by atoms with Gasteiger partial charge in [0.15, 0.2) is 0 Å². The van der Waals surface area contributed by atoms with Crippen molar-refractivity contribution in [2.75, 3.05) is 0 Å². The van der Waals surface area contributed by atoms with Gasteiger partial charge in [-0.15, -0.1) is 0 Å². The van der Waals surface area contributed by atoms with E-state index in [4.69, 9.17) is 70.1 Å². The zero-order valence-corrected chi connectivity index (χ0v) is 14.0. The molecule has 110 valence electrons. The second kappa shape index (κ2) is 6.52. The molecule has 2 rings (SSSR count). The van der Waals surface area contributed by atoms with Gasteiger partial charge in [0, 0.05) is 0 Å². The van der Waals surface area contributed by atoms with Crippen molar-refractivity contribution in [3.05, 3.63) is 65.4 Å². The first-order valence-electron chi connectivity index (χ1n) is 5.80. The van der Waals surface area contributed by atoms with Crippen molar-refractivity contribution in [3.8, 4) is 12.1 Å². The van der Waals surface area contributed by atoms with Crippen LogP contribution in [-0.4, -0.2) is 0 Å². The minimum absolute atomic E-state index is 0.00198. The van der Waals surface area contributed by atoms with Crippen molar-refractivity contribution >= 4 is 57.5 Å². The van der Waals surface area contributed by atoms with Gasteiger partial charge in [0.2, 0.25) is 0 Å². The van der Waals surface area contributed by atoms with E-state index in [0.717, 1.165) is 0 Å². The summed E-state index contributed by atoms with van der Waals surface area (Å²) in [6, 6.07) is 3.55. The Morgan fingerprint density at radius 2 is 1.13 bits per heavy atom. The average Bonchev–Trinajstić information content (AvgIpc) is 2.94. The molecule has 0 atom stereocenters. The molecule has 0 aliphatic heterocycles. The van der Waals surface area contributed by atoms with Gasteiger partial charge < -0.3 is 0 Å². The first-order chi connectivity index (χ1) is 10.9. The van der Waals surface area contributed by atoms with Crippen molar-refractivity contribution < 1.29 is 0 Å². The van der Waals surface area contributed by atoms with Crippen LogP contribution in [0.15, 0.2) is 11.4 Å². The zero-order valence-electron chi connectivity index (χ0n) is 11.0. The standard InChI is InChI=1S/C15H2Cl4N4/c1-22-8(4-20)6-3-7(9(5-21)23-2)11-10(6)12(16)14(18)15(19)13(11)17/h3H2. The molecule has 0 aromatic heterocycles. The van der Waals surface area contributed by atoms with E-state index in [9.17, 15) is 0 Å². The second-order valence-corrected chi connectivity index (χ2v) is 5.80. The number of hydrogen-bond acceptors (Lipinski definition) is 2. The summed E-state index contributed by atoms with van der Waals surface area (Å²) in [7, 11) is 0. The van der Waals surface area contributed by atoms with E-state index in [1.54, 1.807) is 12.1 Å². The molecule has 0 amide bonds. The maximum Gasteiger partial charge on any atom is 0.266 e. The van der Waals surface area contributed by atoms with Crippen LogP contribution >= 0.6 is 46.4 Å². The van der Waals surface area contributed by atoms with Crippen LogP contribution in [0.3, 0.4) is 0 Å². The summed E-state index contributed by atoms with van der Waals surface area (Å²) in [5, 5.41) is 18.3. The van der Waals surface area contributed by atoms with Gasteiger partial charge in [0.25, 0.3) is 11.4 Å². The van der Waals surface area contributed by atoms with E-state index in [2.05, 4.69) is 9.69 Å². The zero-order chi connectivity index (χ0) is 17.3. The van der Waals surface area contributed by atoms with E-state index >= 15 is 0 Å². The fourth-order valence-corrected chi connectivity index (χ4v) is 3.36. The van der Waals surface area contributed by atoms with Gasteiger partial charge >= 0.3 is 0 Å². The highest BCUT2D eigenvalue weighted by molar-refractivity contribution is 6.53. The SMILES string of the molecule is [C-]#[N+]C(C#N)=C1CC(=C(C#N)[N+]#[C-])c2c(Cl)c(Cl)c(Cl)c(Cl)c21. The lowest BCUT2D eigenvalue weighted by Gasteiger charge is -2.11. The maximum atomic E-state index is 9.14. The number of nitriles is 2. The van der Waals surface area contributed by atoms with E-state index in [0.29, 0.717) is 0 Å². The molecule has 0 saturated heterocycles. The van der Waals surface area contributed by atoms with Crippen molar-refractivity contribution in [1.29, 1.82) is 10.5 Å². The Labute approximate surface area is 152 Å². The summed E-state index contributed by atoms with van der Waals surface area (Å²) in [6.45, 7) is 14.2. The van der Waals surface area contributed by atoms with Crippen LogP contribution in [-0.2, 0) is 0 Å². The molecule has 4 nitrogen and oxygen atoms in total. The predicted octanol–water partition coefficient (Wildman–Crippen LogP) is 6.01. The minimum Gasteiger partial charge on any atom is -0.226 e. The Balaban J connectivity index is 3.11. The number of halogens is 4. The molecule has 8 heteroatoms. The van der Waals surface area contributed by atoms with Crippen LogP contribution in [0.4, 0.5) is 0 Å². The molecule has 1 aromatic carbocycles. The molecule has 0 radical (unpaired) electrons. The van der Waals surface area contributed by atoms with Crippen molar-refractivity contribution in [2.45, 2.75) is 6.42 Å². The predicted molar refractivity (Wildman–Crippen MR) is 89.4 cm³/mol. The summed E-state index contributed by atoms with van der Waals surface area (Å²) in [5.41, 5.74) is 0.665. The lowest BCUT2D eigenvalue weighted by Crippen LogP contribution is -1.91. The first kappa shape index (κ1) is 17.2. The van der Waals surface area contributed by atoms with E-state index < -0.39 is 0 Å². The van der Waals surface area contributed by atoms with Crippen molar-refractivity contribution in [1.82, 2.24) is 0 Å². The van der Waals surface area contributed by atoms with Crippen LogP contribution in [0.2, 0.25) is 20.1 Å². The molecular weight excluding hydrogens is 378 g/mol. The Kier molecular flexibility index (Phi) is 4.87. The number of rotatable bonds is 0. The summed E-state index contributed by atoms with van der Waals surface area (Å²) < 4.78 is 0. The van der Waals surface area contributed by atoms with Gasteiger partial charge in [-0.05, 0) is 28.7 Å². The summed E-state index contributed by atoms with van der Waals surface area (Å²) in [5.74, 6) is 0. The molecule has 0 heterocycles. The normalized spacial score (nSPS) is 16.5. The number of allylic oxidation sites excluding steroid dienone is 4. The molecule has 0 spiro atoms. The third kappa shape index (κ3) is 2.54. The van der Waals surface area contributed by atoms with Gasteiger partial charge in [-0.3, -0.25) is 0 Å². The summed E-state index contributed by atoms with van der Waals surface area (Å²) in [6.07, 6.45) is 0.00198. The third-order valence-electron chi connectivity index (χ3n) is 3.23. The quantitative estimate of drug-likeness (QED) is 0.240. The highest BCUT2D eigenvalue weighted by atomic mass is 35.5. The lowest BCUT2D eigenvalue weighted by molar-refractivity contribution is 1.42. The Hall–Kier alpha value is -2.18. The fourth-order valence-electron chi connectivity index (χ4n) is 2.28. The lowest BCUT2D eigenvalue weighted by atomic mass is 10.0. The van der Waals surface area contributed by atoms with E-state index in [-0.39, 0.29) is 60.2 Å². The first-order valence-corrected chi connectivity index (χ1v) is 7.32. The average molecular weight is 380 g/mol. The Morgan fingerprint density at radius 3 is 1.39 bits per heavy atom. The molecule has 1 aliphatic carbocycles. The Morgan fingerprint density at radius 1 is 0.783 bits per heavy atom. The highest BCUT2D eigenvalue weighted by Gasteiger charge is 2.34. The number of fused-ring (bicyclic) bond motifs is 1. The number of nitrogens with zero attached hydrogens (tertiary/aromatic N) is 4. The molecule has 0 unspecified atom stereocenters. The van der Waals surface area contributed by atoms with Crippen LogP contribution < -0.4 is 0 Å². The van der Waals surface area contributed by atoms with Crippen molar-refractivity contribution in [3.63, 3.8) is 0 Å². The molecule has 0 bridgehead atoms. The molecule has 0 fully saturated rings. The van der Waals surface area contributed by atoms with Gasteiger partial charge in [-0.25, -0.2) is 20.2 Å². The van der Waals surface area contributed by atoms with Gasteiger partial charge in [0.1, 0.15) is 0 Å². The van der Waals surface area contributed by atoms with Gasteiger partial charge in [-0.1, -0.05) is 46.4 Å². The van der Waals surface area contributed by atoms with Gasteiger partial charge in [-0.2, -0.15) is 0 Å². The Bertz CT molecular complexity index is 864. The summed E-state index contributed by atoms with van der Waals surface area (Å²) >= 11 is 24.5. The minimum atomic E-state index is -0.208. The molecular formula is C15H2Cl4N4. The van der Waals surface area contributed by atoms with Crippen LogP contribution in [0.5, 0.6) is 0 Å². The topological polar surface area (TPSA) is 56.3 Å². The van der Waals surface area contributed by atoms with Crippen LogP contribution in [0.1, 0.15) is 17.5 Å². The molecule has 0 saturated carbocycles. The maximum absolute atomic E-state index is 9.14.